The molecule has 2 aromatic rings. The zero-order valence-electron chi connectivity index (χ0n) is 17.5. The van der Waals surface area contributed by atoms with Crippen LogP contribution >= 0.6 is 0 Å². The van der Waals surface area contributed by atoms with Gasteiger partial charge in [0.15, 0.2) is 0 Å². The Bertz CT molecular complexity index is 812. The fourth-order valence-electron chi connectivity index (χ4n) is 3.69. The van der Waals surface area contributed by atoms with Crippen molar-refractivity contribution in [3.8, 4) is 5.75 Å². The Morgan fingerprint density at radius 2 is 1.86 bits per heavy atom. The molecule has 0 radical (unpaired) electrons. The van der Waals surface area contributed by atoms with E-state index < -0.39 is 5.60 Å². The number of ether oxygens (including phenoxy) is 1. The quantitative estimate of drug-likeness (QED) is 0.752. The fourth-order valence-corrected chi connectivity index (χ4v) is 3.69. The zero-order chi connectivity index (χ0) is 20.9. The van der Waals surface area contributed by atoms with E-state index in [4.69, 9.17) is 4.74 Å². The lowest BCUT2D eigenvalue weighted by atomic mass is 9.84. The molecule has 6 nitrogen and oxygen atoms in total. The number of nitrogens with zero attached hydrogens (tertiary/aromatic N) is 2. The van der Waals surface area contributed by atoms with Crippen LogP contribution in [0.1, 0.15) is 28.8 Å². The van der Waals surface area contributed by atoms with Gasteiger partial charge in [0.05, 0.1) is 12.7 Å². The number of hydrogen-bond donors (Lipinski definition) is 2. The monoisotopic (exact) mass is 397 g/mol. The van der Waals surface area contributed by atoms with Crippen LogP contribution in [0.2, 0.25) is 0 Å². The van der Waals surface area contributed by atoms with E-state index in [-0.39, 0.29) is 5.91 Å². The zero-order valence-corrected chi connectivity index (χ0v) is 17.5. The minimum absolute atomic E-state index is 0.0554. The molecule has 29 heavy (non-hydrogen) atoms. The standard InChI is InChI=1S/C23H31N3O3/c1-25(2)20-9-7-18(8-10-20)22(27)24-13-16-26-14-11-23(28,12-15-26)19-5-4-6-21(17-19)29-3/h4-10,17,28H,11-16H2,1-3H3,(H,24,27). The summed E-state index contributed by atoms with van der Waals surface area (Å²) in [6, 6.07) is 15.3. The Kier molecular flexibility index (Phi) is 6.77. The van der Waals surface area contributed by atoms with E-state index in [1.54, 1.807) is 7.11 Å². The molecule has 1 aliphatic rings. The number of benzene rings is 2. The number of carbonyl (C=O) groups is 1. The van der Waals surface area contributed by atoms with E-state index in [0.717, 1.165) is 36.6 Å². The third kappa shape index (κ3) is 5.28. The highest BCUT2D eigenvalue weighted by Gasteiger charge is 2.34. The molecule has 156 valence electrons. The average Bonchev–Trinajstić information content (AvgIpc) is 2.75. The molecule has 0 aromatic heterocycles. The molecule has 0 saturated carbocycles. The summed E-state index contributed by atoms with van der Waals surface area (Å²) in [6.07, 6.45) is 1.33. The highest BCUT2D eigenvalue weighted by molar-refractivity contribution is 5.94. The van der Waals surface area contributed by atoms with E-state index in [1.165, 1.54) is 0 Å². The van der Waals surface area contributed by atoms with Gasteiger partial charge in [-0.15, -0.1) is 0 Å². The van der Waals surface area contributed by atoms with Gasteiger partial charge in [0.25, 0.3) is 5.91 Å². The Hall–Kier alpha value is -2.57. The minimum atomic E-state index is -0.817. The molecule has 3 rings (SSSR count). The van der Waals surface area contributed by atoms with Crippen molar-refractivity contribution in [2.75, 3.05) is 52.3 Å². The fraction of sp³-hybridized carbons (Fsp3) is 0.435. The molecule has 1 saturated heterocycles. The van der Waals surface area contributed by atoms with Crippen LogP contribution in [0.4, 0.5) is 5.69 Å². The topological polar surface area (TPSA) is 65.0 Å². The van der Waals surface area contributed by atoms with E-state index in [1.807, 2.05) is 67.5 Å². The van der Waals surface area contributed by atoms with E-state index >= 15 is 0 Å². The summed E-state index contributed by atoms with van der Waals surface area (Å²) in [5, 5.41) is 14.0. The first-order valence-electron chi connectivity index (χ1n) is 10.1. The molecule has 0 unspecified atom stereocenters. The molecular weight excluding hydrogens is 366 g/mol. The van der Waals surface area contributed by atoms with Crippen molar-refractivity contribution in [3.05, 3.63) is 59.7 Å². The van der Waals surface area contributed by atoms with Gasteiger partial charge in [-0.3, -0.25) is 4.79 Å². The molecule has 2 N–H and O–H groups in total. The predicted molar refractivity (Wildman–Crippen MR) is 116 cm³/mol. The summed E-state index contributed by atoms with van der Waals surface area (Å²) in [6.45, 7) is 2.95. The summed E-state index contributed by atoms with van der Waals surface area (Å²) in [4.78, 5) is 16.6. The second-order valence-corrected chi connectivity index (χ2v) is 7.80. The van der Waals surface area contributed by atoms with Crippen molar-refractivity contribution >= 4 is 11.6 Å². The van der Waals surface area contributed by atoms with Crippen LogP contribution in [0.5, 0.6) is 5.75 Å². The van der Waals surface area contributed by atoms with Crippen molar-refractivity contribution in [2.24, 2.45) is 0 Å². The van der Waals surface area contributed by atoms with Crippen LogP contribution in [0.3, 0.4) is 0 Å². The first-order chi connectivity index (χ1) is 13.9. The number of methoxy groups -OCH3 is 1. The Morgan fingerprint density at radius 1 is 1.17 bits per heavy atom. The Balaban J connectivity index is 1.45. The largest absolute Gasteiger partial charge is 0.497 e. The Labute approximate surface area is 173 Å². The van der Waals surface area contributed by atoms with Crippen molar-refractivity contribution in [3.63, 3.8) is 0 Å². The molecule has 0 atom stereocenters. The molecule has 1 fully saturated rings. The third-order valence-corrected chi connectivity index (χ3v) is 5.65. The summed E-state index contributed by atoms with van der Waals surface area (Å²) in [5.74, 6) is 0.708. The number of likely N-dealkylation sites (tertiary alicyclic amines) is 1. The maximum Gasteiger partial charge on any atom is 0.251 e. The van der Waals surface area contributed by atoms with Gasteiger partial charge in [-0.05, 0) is 54.8 Å². The van der Waals surface area contributed by atoms with Gasteiger partial charge in [0.1, 0.15) is 5.75 Å². The molecule has 0 aliphatic carbocycles. The highest BCUT2D eigenvalue weighted by atomic mass is 16.5. The maximum absolute atomic E-state index is 12.3. The summed E-state index contributed by atoms with van der Waals surface area (Å²) in [7, 11) is 5.59. The van der Waals surface area contributed by atoms with E-state index in [2.05, 4.69) is 10.2 Å². The molecule has 0 bridgehead atoms. The van der Waals surface area contributed by atoms with Gasteiger partial charge in [-0.1, -0.05) is 12.1 Å². The van der Waals surface area contributed by atoms with Gasteiger partial charge >= 0.3 is 0 Å². The average molecular weight is 398 g/mol. The molecule has 2 aromatic carbocycles. The lowest BCUT2D eigenvalue weighted by molar-refractivity contribution is -0.0256. The van der Waals surface area contributed by atoms with Gasteiger partial charge in [0.2, 0.25) is 0 Å². The van der Waals surface area contributed by atoms with E-state index in [9.17, 15) is 9.90 Å². The van der Waals surface area contributed by atoms with Gasteiger partial charge < -0.3 is 25.0 Å². The predicted octanol–water partition coefficient (Wildman–Crippen LogP) is 2.47. The van der Waals surface area contributed by atoms with Gasteiger partial charge in [-0.25, -0.2) is 0 Å². The SMILES string of the molecule is COc1cccc(C2(O)CCN(CCNC(=O)c3ccc(N(C)C)cc3)CC2)c1. The maximum atomic E-state index is 12.3. The lowest BCUT2D eigenvalue weighted by Gasteiger charge is -2.38. The van der Waals surface area contributed by atoms with Crippen LogP contribution in [0.25, 0.3) is 0 Å². The summed E-state index contributed by atoms with van der Waals surface area (Å²) < 4.78 is 5.28. The lowest BCUT2D eigenvalue weighted by Crippen LogP contribution is -2.45. The minimum Gasteiger partial charge on any atom is -0.497 e. The summed E-state index contributed by atoms with van der Waals surface area (Å²) >= 11 is 0. The third-order valence-electron chi connectivity index (χ3n) is 5.65. The number of piperidine rings is 1. The van der Waals surface area contributed by atoms with Crippen LogP contribution in [-0.4, -0.2) is 63.3 Å². The molecule has 1 aliphatic heterocycles. The molecular formula is C23H31N3O3. The number of hydrogen-bond acceptors (Lipinski definition) is 5. The highest BCUT2D eigenvalue weighted by Crippen LogP contribution is 2.34. The molecule has 1 heterocycles. The number of amides is 1. The molecule has 6 heteroatoms. The van der Waals surface area contributed by atoms with E-state index in [0.29, 0.717) is 24.9 Å². The second-order valence-electron chi connectivity index (χ2n) is 7.80. The van der Waals surface area contributed by atoms with Crippen LogP contribution in [0.15, 0.2) is 48.5 Å². The smallest absolute Gasteiger partial charge is 0.251 e. The summed E-state index contributed by atoms with van der Waals surface area (Å²) in [5.41, 5.74) is 1.83. The van der Waals surface area contributed by atoms with Crippen molar-refractivity contribution in [2.45, 2.75) is 18.4 Å². The van der Waals surface area contributed by atoms with Crippen LogP contribution < -0.4 is 15.0 Å². The number of aliphatic hydroxyl groups is 1. The van der Waals surface area contributed by atoms with Crippen molar-refractivity contribution < 1.29 is 14.6 Å². The number of rotatable bonds is 7. The number of anilines is 1. The van der Waals surface area contributed by atoms with Gasteiger partial charge in [-0.2, -0.15) is 0 Å². The van der Waals surface area contributed by atoms with Crippen LogP contribution in [-0.2, 0) is 5.60 Å². The van der Waals surface area contributed by atoms with Gasteiger partial charge in [0, 0.05) is 51.5 Å². The van der Waals surface area contributed by atoms with Crippen LogP contribution in [0, 0.1) is 0 Å². The Morgan fingerprint density at radius 3 is 2.48 bits per heavy atom. The second kappa shape index (κ2) is 9.29. The molecule has 1 amide bonds. The van der Waals surface area contributed by atoms with Crippen molar-refractivity contribution in [1.29, 1.82) is 0 Å². The number of nitrogens with one attached hydrogen (secondary N) is 1. The number of carbonyl (C=O) groups excluding carboxylic acids is 1. The first-order valence-corrected chi connectivity index (χ1v) is 10.1. The first kappa shape index (κ1) is 21.1. The normalized spacial score (nSPS) is 16.3. The molecule has 0 spiro atoms. The van der Waals surface area contributed by atoms with Crippen molar-refractivity contribution in [1.82, 2.24) is 10.2 Å².